The Balaban J connectivity index is 2.56. The van der Waals surface area contributed by atoms with E-state index in [0.717, 1.165) is 11.8 Å². The fraction of sp³-hybridized carbons (Fsp3) is 0.200. The minimum absolute atomic E-state index is 0.951. The van der Waals surface area contributed by atoms with E-state index in [2.05, 4.69) is 71.4 Å². The van der Waals surface area contributed by atoms with Gasteiger partial charge in [-0.05, 0) is 22.8 Å². The summed E-state index contributed by atoms with van der Waals surface area (Å²) in [6.07, 6.45) is 3.38. The van der Waals surface area contributed by atoms with Gasteiger partial charge in [0.05, 0.1) is 0 Å². The number of fused-ring (bicyclic) bond motifs is 1. The van der Waals surface area contributed by atoms with Crippen molar-refractivity contribution in [3.63, 3.8) is 0 Å². The molecule has 0 radical (unpaired) electrons. The molecule has 1 heteroatoms. The number of hydrogen-bond acceptors (Lipinski definition) is 0. The van der Waals surface area contributed by atoms with Crippen LogP contribution in [0.5, 0.6) is 0 Å². The van der Waals surface area contributed by atoms with Gasteiger partial charge in [-0.2, -0.15) is 0 Å². The molecule has 2 aromatic carbocycles. The van der Waals surface area contributed by atoms with Crippen LogP contribution in [0.25, 0.3) is 16.8 Å². The van der Waals surface area contributed by atoms with Crippen LogP contribution in [0.2, 0.25) is 0 Å². The van der Waals surface area contributed by atoms with E-state index in [1.807, 2.05) is 0 Å². The first kappa shape index (κ1) is 11.4. The highest BCUT2D eigenvalue weighted by Gasteiger charge is 1.98. The summed E-state index contributed by atoms with van der Waals surface area (Å²) in [6, 6.07) is 15.0. The highest BCUT2D eigenvalue weighted by atomic mass is 79.9. The van der Waals surface area contributed by atoms with Gasteiger partial charge in [0.25, 0.3) is 0 Å². The van der Waals surface area contributed by atoms with Crippen LogP contribution in [0.4, 0.5) is 0 Å². The predicted molar refractivity (Wildman–Crippen MR) is 76.0 cm³/mol. The van der Waals surface area contributed by atoms with Crippen molar-refractivity contribution >= 4 is 32.8 Å². The summed E-state index contributed by atoms with van der Waals surface area (Å²) >= 11 is 3.53. The number of benzene rings is 2. The van der Waals surface area contributed by atoms with Gasteiger partial charge >= 0.3 is 0 Å². The summed E-state index contributed by atoms with van der Waals surface area (Å²) in [5.74, 6) is 0. The summed E-state index contributed by atoms with van der Waals surface area (Å²) in [6.45, 7) is 2.19. The lowest BCUT2D eigenvalue weighted by molar-refractivity contribution is 1.13. The van der Waals surface area contributed by atoms with Crippen LogP contribution in [0.15, 0.2) is 48.0 Å². The molecule has 0 N–H and O–H groups in total. The van der Waals surface area contributed by atoms with Crippen LogP contribution >= 0.6 is 15.9 Å². The van der Waals surface area contributed by atoms with Gasteiger partial charge in [0.2, 0.25) is 0 Å². The zero-order valence-corrected chi connectivity index (χ0v) is 11.0. The van der Waals surface area contributed by atoms with Gasteiger partial charge in [-0.1, -0.05) is 77.0 Å². The maximum absolute atomic E-state index is 3.53. The Morgan fingerprint density at radius 1 is 1.12 bits per heavy atom. The molecule has 0 spiro atoms. The minimum Gasteiger partial charge on any atom is -0.0880 e. The van der Waals surface area contributed by atoms with E-state index in [9.17, 15) is 0 Å². The largest absolute Gasteiger partial charge is 0.0880 e. The molecule has 0 heterocycles. The maximum Gasteiger partial charge on any atom is 0.0245 e. The molecular formula is C15H15Br. The Hall–Kier alpha value is -1.08. The molecule has 0 aromatic heterocycles. The smallest absolute Gasteiger partial charge is 0.0245 e. The number of halogens is 1. The average molecular weight is 275 g/mol. The third kappa shape index (κ3) is 2.35. The lowest BCUT2D eigenvalue weighted by Gasteiger charge is -2.04. The molecule has 0 aliphatic carbocycles. The Morgan fingerprint density at radius 3 is 2.62 bits per heavy atom. The quantitative estimate of drug-likeness (QED) is 0.689. The molecular weight excluding hydrogens is 260 g/mol. The first-order chi connectivity index (χ1) is 7.85. The lowest BCUT2D eigenvalue weighted by Crippen LogP contribution is -1.84. The summed E-state index contributed by atoms with van der Waals surface area (Å²) in [5.41, 5.74) is 2.74. The molecule has 0 aliphatic rings. The highest BCUT2D eigenvalue weighted by Crippen LogP contribution is 2.22. The van der Waals surface area contributed by atoms with Crippen molar-refractivity contribution in [1.82, 2.24) is 0 Å². The Kier molecular flexibility index (Phi) is 3.79. The molecule has 0 aliphatic heterocycles. The minimum atomic E-state index is 0.951. The van der Waals surface area contributed by atoms with Crippen molar-refractivity contribution < 1.29 is 0 Å². The number of allylic oxidation sites excluding steroid dienone is 1. The van der Waals surface area contributed by atoms with E-state index in [0.29, 0.717) is 0 Å². The van der Waals surface area contributed by atoms with Gasteiger partial charge < -0.3 is 0 Å². The number of hydrogen-bond donors (Lipinski definition) is 0. The summed E-state index contributed by atoms with van der Waals surface area (Å²) in [4.78, 5) is 0. The third-order valence-corrected chi connectivity index (χ3v) is 3.53. The van der Waals surface area contributed by atoms with Gasteiger partial charge in [-0.25, -0.2) is 0 Å². The van der Waals surface area contributed by atoms with Crippen molar-refractivity contribution in [2.75, 3.05) is 5.33 Å². The van der Waals surface area contributed by atoms with Crippen LogP contribution in [-0.2, 0) is 0 Å². The first-order valence-electron chi connectivity index (χ1n) is 5.58. The second kappa shape index (κ2) is 5.31. The second-order valence-corrected chi connectivity index (χ2v) is 4.42. The van der Waals surface area contributed by atoms with Crippen molar-refractivity contribution in [2.24, 2.45) is 0 Å². The lowest BCUT2D eigenvalue weighted by atomic mass is 10.0. The van der Waals surface area contributed by atoms with Crippen molar-refractivity contribution in [1.29, 1.82) is 0 Å². The molecule has 0 saturated heterocycles. The average Bonchev–Trinajstić information content (AvgIpc) is 2.36. The van der Waals surface area contributed by atoms with Crippen LogP contribution in [0, 0.1) is 0 Å². The van der Waals surface area contributed by atoms with Crippen LogP contribution in [0.1, 0.15) is 18.9 Å². The molecule has 0 bridgehead atoms. The SMILES string of the molecule is CCC(=Cc1cccc2ccccc12)CBr. The van der Waals surface area contributed by atoms with Crippen molar-refractivity contribution in [3.8, 4) is 0 Å². The zero-order chi connectivity index (χ0) is 11.4. The van der Waals surface area contributed by atoms with Gasteiger partial charge in [0, 0.05) is 5.33 Å². The molecule has 0 unspecified atom stereocenters. The molecule has 0 fully saturated rings. The summed E-state index contributed by atoms with van der Waals surface area (Å²) in [7, 11) is 0. The van der Waals surface area contributed by atoms with Crippen molar-refractivity contribution in [3.05, 3.63) is 53.6 Å². The molecule has 0 nitrogen and oxygen atoms in total. The van der Waals surface area contributed by atoms with Gasteiger partial charge in [-0.3, -0.25) is 0 Å². The summed E-state index contributed by atoms with van der Waals surface area (Å²) < 4.78 is 0. The van der Waals surface area contributed by atoms with Gasteiger partial charge in [0.15, 0.2) is 0 Å². The highest BCUT2D eigenvalue weighted by molar-refractivity contribution is 9.09. The van der Waals surface area contributed by atoms with Crippen LogP contribution in [-0.4, -0.2) is 5.33 Å². The van der Waals surface area contributed by atoms with E-state index < -0.39 is 0 Å². The van der Waals surface area contributed by atoms with E-state index in [4.69, 9.17) is 0 Å². The molecule has 16 heavy (non-hydrogen) atoms. The number of alkyl halides is 1. The monoisotopic (exact) mass is 274 g/mol. The Morgan fingerprint density at radius 2 is 1.88 bits per heavy atom. The summed E-state index contributed by atoms with van der Waals surface area (Å²) in [5, 5.41) is 3.59. The van der Waals surface area contributed by atoms with Gasteiger partial charge in [-0.15, -0.1) is 0 Å². The first-order valence-corrected chi connectivity index (χ1v) is 6.70. The predicted octanol–water partition coefficient (Wildman–Crippen LogP) is 5.03. The van der Waals surface area contributed by atoms with Crippen LogP contribution < -0.4 is 0 Å². The zero-order valence-electron chi connectivity index (χ0n) is 9.41. The van der Waals surface area contributed by atoms with Gasteiger partial charge in [0.1, 0.15) is 0 Å². The Bertz CT molecular complexity index is 500. The van der Waals surface area contributed by atoms with E-state index in [-0.39, 0.29) is 0 Å². The fourth-order valence-corrected chi connectivity index (χ4v) is 2.39. The molecule has 0 saturated carbocycles. The molecule has 0 amide bonds. The van der Waals surface area contributed by atoms with Crippen LogP contribution in [0.3, 0.4) is 0 Å². The normalized spacial score (nSPS) is 12.0. The van der Waals surface area contributed by atoms with E-state index >= 15 is 0 Å². The second-order valence-electron chi connectivity index (χ2n) is 3.86. The molecule has 2 rings (SSSR count). The fourth-order valence-electron chi connectivity index (χ4n) is 1.83. The molecule has 2 aromatic rings. The molecule has 82 valence electrons. The van der Waals surface area contributed by atoms with E-state index in [1.54, 1.807) is 0 Å². The molecule has 0 atom stereocenters. The third-order valence-electron chi connectivity index (χ3n) is 2.81. The Labute approximate surface area is 105 Å². The van der Waals surface area contributed by atoms with E-state index in [1.165, 1.54) is 21.9 Å². The standard InChI is InChI=1S/C15H15Br/c1-2-12(11-16)10-14-8-5-7-13-6-3-4-9-15(13)14/h3-10H,2,11H2,1H3. The number of rotatable bonds is 3. The topological polar surface area (TPSA) is 0 Å². The van der Waals surface area contributed by atoms with Crippen molar-refractivity contribution in [2.45, 2.75) is 13.3 Å². The maximum atomic E-state index is 3.53.